The maximum Gasteiger partial charge on any atom is 0.221 e. The van der Waals surface area contributed by atoms with Gasteiger partial charge in [-0.25, -0.2) is 13.1 Å². The Morgan fingerprint density at radius 2 is 1.95 bits per heavy atom. The van der Waals surface area contributed by atoms with E-state index in [2.05, 4.69) is 9.62 Å². The molecule has 3 N–H and O–H groups in total. The van der Waals surface area contributed by atoms with E-state index >= 15 is 0 Å². The Hall–Kier alpha value is -0.240. The van der Waals surface area contributed by atoms with Gasteiger partial charge in [0.25, 0.3) is 0 Å². The van der Waals surface area contributed by atoms with E-state index in [0.717, 1.165) is 25.7 Å². The normalized spacial score (nSPS) is 20.6. The lowest BCUT2D eigenvalue weighted by atomic mass is 9.97. The number of sulfonamides is 1. The highest BCUT2D eigenvalue weighted by molar-refractivity contribution is 7.93. The van der Waals surface area contributed by atoms with Crippen LogP contribution in [0.3, 0.4) is 0 Å². The third kappa shape index (κ3) is 3.87. The number of thiocarbonyl (C=S) groups is 1. The second-order valence-electron chi connectivity index (χ2n) is 5.49. The van der Waals surface area contributed by atoms with Gasteiger partial charge >= 0.3 is 0 Å². The van der Waals surface area contributed by atoms with E-state index in [4.69, 9.17) is 18.0 Å². The molecule has 0 bridgehead atoms. The fraction of sp³-hybridized carbons (Fsp3) is 0.917. The molecule has 0 aromatic heterocycles. The molecule has 19 heavy (non-hydrogen) atoms. The first-order valence-electron chi connectivity index (χ1n) is 6.70. The quantitative estimate of drug-likeness (QED) is 0.682. The predicted molar refractivity (Wildman–Crippen MR) is 82.7 cm³/mol. The molecule has 1 fully saturated rings. The van der Waals surface area contributed by atoms with Crippen molar-refractivity contribution in [3.05, 3.63) is 0 Å². The van der Waals surface area contributed by atoms with Crippen LogP contribution in [0.25, 0.3) is 0 Å². The fourth-order valence-electron chi connectivity index (χ4n) is 2.72. The van der Waals surface area contributed by atoms with Crippen LogP contribution in [0.5, 0.6) is 0 Å². The minimum atomic E-state index is -3.47. The number of hydrogen-bond donors (Lipinski definition) is 2. The number of nitrogens with zero attached hydrogens (tertiary/aromatic N) is 1. The Morgan fingerprint density at radius 1 is 1.42 bits per heavy atom. The number of nitrogens with one attached hydrogen (secondary N) is 1. The highest BCUT2D eigenvalue weighted by Crippen LogP contribution is 2.33. The summed E-state index contributed by atoms with van der Waals surface area (Å²) in [6, 6.07) is 0. The van der Waals surface area contributed by atoms with Crippen LogP contribution in [0.1, 0.15) is 39.0 Å². The van der Waals surface area contributed by atoms with Crippen LogP contribution in [0.4, 0.5) is 0 Å². The van der Waals surface area contributed by atoms with Gasteiger partial charge < -0.3 is 10.6 Å². The van der Waals surface area contributed by atoms with E-state index in [1.54, 1.807) is 6.92 Å². The second-order valence-corrected chi connectivity index (χ2v) is 7.91. The molecule has 1 aliphatic rings. The van der Waals surface area contributed by atoms with Crippen molar-refractivity contribution >= 4 is 27.2 Å². The monoisotopic (exact) mass is 307 g/mol. The fourth-order valence-corrected chi connectivity index (χ4v) is 4.69. The van der Waals surface area contributed by atoms with E-state index in [9.17, 15) is 8.42 Å². The highest BCUT2D eigenvalue weighted by atomic mass is 32.2. The molecule has 5 nitrogen and oxygen atoms in total. The summed E-state index contributed by atoms with van der Waals surface area (Å²) in [5.74, 6) is 0. The van der Waals surface area contributed by atoms with Crippen molar-refractivity contribution < 1.29 is 8.42 Å². The standard InChI is InChI=1S/C12H25N3O2S2/c1-4-10(11(13)18)19(16,17)14-9-12(15(2)3)7-5-6-8-12/h10,14H,4-9H2,1-3H3,(H2,13,18). The molecule has 0 aromatic rings. The summed E-state index contributed by atoms with van der Waals surface area (Å²) in [7, 11) is 0.535. The number of likely N-dealkylation sites (N-methyl/N-ethyl adjacent to an activating group) is 1. The SMILES string of the molecule is CCC(C(N)=S)S(=O)(=O)NCC1(N(C)C)CCCC1. The summed E-state index contributed by atoms with van der Waals surface area (Å²) >= 11 is 4.84. The van der Waals surface area contributed by atoms with Crippen LogP contribution in [-0.4, -0.2) is 49.7 Å². The van der Waals surface area contributed by atoms with Gasteiger partial charge in [0.2, 0.25) is 10.0 Å². The molecule has 0 aromatic carbocycles. The molecule has 7 heteroatoms. The number of rotatable bonds is 7. The maximum absolute atomic E-state index is 12.2. The van der Waals surface area contributed by atoms with Crippen LogP contribution in [0, 0.1) is 0 Å². The summed E-state index contributed by atoms with van der Waals surface area (Å²) < 4.78 is 27.2. The second kappa shape index (κ2) is 6.47. The molecule has 0 saturated heterocycles. The molecular weight excluding hydrogens is 282 g/mol. The molecular formula is C12H25N3O2S2. The summed E-state index contributed by atoms with van der Waals surface area (Å²) in [5.41, 5.74) is 5.44. The Bertz CT molecular complexity index is 415. The maximum atomic E-state index is 12.2. The zero-order valence-electron chi connectivity index (χ0n) is 12.0. The number of nitrogens with two attached hydrogens (primary N) is 1. The average molecular weight is 307 g/mol. The molecule has 0 spiro atoms. The summed E-state index contributed by atoms with van der Waals surface area (Å²) in [5, 5.41) is -0.775. The van der Waals surface area contributed by atoms with Crippen molar-refractivity contribution in [1.82, 2.24) is 9.62 Å². The summed E-state index contributed by atoms with van der Waals surface area (Å²) in [4.78, 5) is 2.17. The van der Waals surface area contributed by atoms with Gasteiger partial charge in [-0.15, -0.1) is 0 Å². The smallest absolute Gasteiger partial charge is 0.221 e. The molecule has 0 heterocycles. The van der Waals surface area contributed by atoms with Gasteiger partial charge in [0.1, 0.15) is 5.25 Å². The predicted octanol–water partition coefficient (Wildman–Crippen LogP) is 0.845. The van der Waals surface area contributed by atoms with E-state index < -0.39 is 15.3 Å². The first kappa shape index (κ1) is 16.8. The van der Waals surface area contributed by atoms with Crippen LogP contribution < -0.4 is 10.5 Å². The van der Waals surface area contributed by atoms with Gasteiger partial charge in [0, 0.05) is 12.1 Å². The minimum Gasteiger partial charge on any atom is -0.392 e. The van der Waals surface area contributed by atoms with E-state index in [0.29, 0.717) is 13.0 Å². The van der Waals surface area contributed by atoms with E-state index in [1.165, 1.54) is 0 Å². The van der Waals surface area contributed by atoms with Gasteiger partial charge in [-0.3, -0.25) is 0 Å². The van der Waals surface area contributed by atoms with Gasteiger partial charge in [-0.05, 0) is 33.4 Å². The van der Waals surface area contributed by atoms with Crippen LogP contribution in [0.2, 0.25) is 0 Å². The van der Waals surface area contributed by atoms with Gasteiger partial charge in [0.15, 0.2) is 0 Å². The van der Waals surface area contributed by atoms with Crippen molar-refractivity contribution in [3.8, 4) is 0 Å². The molecule has 1 saturated carbocycles. The molecule has 1 rings (SSSR count). The Kier molecular flexibility index (Phi) is 5.73. The van der Waals surface area contributed by atoms with E-state index in [-0.39, 0.29) is 10.5 Å². The van der Waals surface area contributed by atoms with Crippen LogP contribution >= 0.6 is 12.2 Å². The Morgan fingerprint density at radius 3 is 2.32 bits per heavy atom. The topological polar surface area (TPSA) is 75.4 Å². The van der Waals surface area contributed by atoms with Gasteiger partial charge in [-0.1, -0.05) is 32.0 Å². The molecule has 112 valence electrons. The minimum absolute atomic E-state index is 0.0420. The van der Waals surface area contributed by atoms with Gasteiger partial charge in [0.05, 0.1) is 4.99 Å². The van der Waals surface area contributed by atoms with Crippen molar-refractivity contribution in [2.75, 3.05) is 20.6 Å². The lowest BCUT2D eigenvalue weighted by Gasteiger charge is -2.36. The van der Waals surface area contributed by atoms with Crippen molar-refractivity contribution in [1.29, 1.82) is 0 Å². The third-order valence-corrected chi connectivity index (χ3v) is 6.46. The molecule has 0 amide bonds. The third-order valence-electron chi connectivity index (χ3n) is 4.15. The van der Waals surface area contributed by atoms with Crippen molar-refractivity contribution in [3.63, 3.8) is 0 Å². The molecule has 0 radical (unpaired) electrons. The zero-order valence-corrected chi connectivity index (χ0v) is 13.6. The van der Waals surface area contributed by atoms with Crippen molar-refractivity contribution in [2.24, 2.45) is 5.73 Å². The van der Waals surface area contributed by atoms with Gasteiger partial charge in [-0.2, -0.15) is 0 Å². The van der Waals surface area contributed by atoms with Crippen molar-refractivity contribution in [2.45, 2.75) is 49.8 Å². The average Bonchev–Trinajstić information content (AvgIpc) is 2.76. The number of hydrogen-bond acceptors (Lipinski definition) is 4. The first-order chi connectivity index (χ1) is 8.75. The molecule has 1 unspecified atom stereocenters. The van der Waals surface area contributed by atoms with Crippen LogP contribution in [0.15, 0.2) is 0 Å². The molecule has 1 aliphatic carbocycles. The first-order valence-corrected chi connectivity index (χ1v) is 8.66. The van der Waals surface area contributed by atoms with E-state index in [1.807, 2.05) is 14.1 Å². The largest absolute Gasteiger partial charge is 0.392 e. The highest BCUT2D eigenvalue weighted by Gasteiger charge is 2.38. The zero-order chi connectivity index (χ0) is 14.7. The van der Waals surface area contributed by atoms with Crippen LogP contribution in [-0.2, 0) is 10.0 Å². The Labute approximate surface area is 122 Å². The Balaban J connectivity index is 2.76. The summed E-state index contributed by atoms with van der Waals surface area (Å²) in [6.45, 7) is 2.21. The molecule has 0 aliphatic heterocycles. The lowest BCUT2D eigenvalue weighted by molar-refractivity contribution is 0.162. The molecule has 1 atom stereocenters. The summed E-state index contributed by atoms with van der Waals surface area (Å²) in [6.07, 6.45) is 4.73. The lowest BCUT2D eigenvalue weighted by Crippen LogP contribution is -2.53.